The average Bonchev–Trinajstić information content (AvgIpc) is 3.69. The van der Waals surface area contributed by atoms with Gasteiger partial charge in [0.15, 0.2) is 0 Å². The highest BCUT2D eigenvalue weighted by molar-refractivity contribution is 7.19. The van der Waals surface area contributed by atoms with Crippen LogP contribution in [0, 0.1) is 27.2 Å². The minimum atomic E-state index is -0.434. The van der Waals surface area contributed by atoms with E-state index in [1.165, 1.54) is 22.7 Å². The van der Waals surface area contributed by atoms with Crippen LogP contribution in [0.3, 0.4) is 0 Å². The number of nitro benzene ring substituents is 2. The minimum Gasteiger partial charge on any atom is -0.398 e. The van der Waals surface area contributed by atoms with Gasteiger partial charge in [0.2, 0.25) is 0 Å². The first kappa shape index (κ1) is 38.9. The second-order valence-electron chi connectivity index (χ2n) is 18.0. The van der Waals surface area contributed by atoms with Gasteiger partial charge in [-0.3, -0.25) is 20.2 Å². The zero-order chi connectivity index (χ0) is 38.9. The number of hydrogen-bond acceptors (Lipinski definition) is 7. The molecule has 7 nitrogen and oxygen atoms in total. The van der Waals surface area contributed by atoms with Gasteiger partial charge in [-0.1, -0.05) is 83.1 Å². The first-order valence-corrected chi connectivity index (χ1v) is 19.2. The van der Waals surface area contributed by atoms with Crippen LogP contribution in [0.4, 0.5) is 17.1 Å². The van der Waals surface area contributed by atoms with Crippen molar-refractivity contribution in [2.24, 2.45) is 0 Å². The van der Waals surface area contributed by atoms with Gasteiger partial charge in [-0.05, 0) is 106 Å². The Bertz CT molecular complexity index is 2060. The first-order chi connectivity index (χ1) is 23.8. The Kier molecular flexibility index (Phi) is 9.91. The van der Waals surface area contributed by atoms with E-state index in [4.69, 9.17) is 5.73 Å². The zero-order valence-corrected chi connectivity index (χ0v) is 34.3. The van der Waals surface area contributed by atoms with Crippen molar-refractivity contribution in [1.29, 1.82) is 0 Å². The lowest BCUT2D eigenvalue weighted by Gasteiger charge is -2.26. The van der Waals surface area contributed by atoms with Crippen LogP contribution in [-0.2, 0) is 21.7 Å². The quantitative estimate of drug-likeness (QED) is 0.106. The third-order valence-corrected chi connectivity index (χ3v) is 11.8. The molecule has 0 saturated heterocycles. The van der Waals surface area contributed by atoms with Crippen LogP contribution in [0.2, 0.25) is 0 Å². The summed E-state index contributed by atoms with van der Waals surface area (Å²) in [5, 5.41) is 25.3. The highest BCUT2D eigenvalue weighted by Crippen LogP contribution is 2.49. The van der Waals surface area contributed by atoms with E-state index < -0.39 is 10.8 Å². The maximum atomic E-state index is 12.7. The molecule has 0 aliphatic heterocycles. The second-order valence-corrected chi connectivity index (χ2v) is 20.1. The summed E-state index contributed by atoms with van der Waals surface area (Å²) in [5.41, 5.74) is 14.0. The molecule has 0 aliphatic carbocycles. The normalized spacial score (nSPS) is 12.7. The lowest BCUT2D eigenvalue weighted by atomic mass is 9.78. The maximum absolute atomic E-state index is 12.7. The van der Waals surface area contributed by atoms with Gasteiger partial charge in [0.1, 0.15) is 0 Å². The molecule has 2 N–H and O–H groups in total. The lowest BCUT2D eigenvalue weighted by Crippen LogP contribution is -2.18. The molecule has 0 aliphatic rings. The van der Waals surface area contributed by atoms with Crippen molar-refractivity contribution < 1.29 is 9.85 Å². The summed E-state index contributed by atoms with van der Waals surface area (Å²) in [4.78, 5) is 28.2. The van der Waals surface area contributed by atoms with Crippen molar-refractivity contribution in [2.75, 3.05) is 5.73 Å². The van der Waals surface area contributed by atoms with Gasteiger partial charge >= 0.3 is 0 Å². The summed E-state index contributed by atoms with van der Waals surface area (Å²) in [6, 6.07) is 19.9. The van der Waals surface area contributed by atoms with Gasteiger partial charge in [-0.15, -0.1) is 22.7 Å². The Morgan fingerprint density at radius 1 is 0.500 bits per heavy atom. The van der Waals surface area contributed by atoms with Crippen LogP contribution in [-0.4, -0.2) is 9.85 Å². The van der Waals surface area contributed by atoms with Crippen LogP contribution in [0.25, 0.3) is 41.8 Å². The van der Waals surface area contributed by atoms with E-state index in [1.54, 1.807) is 0 Å². The van der Waals surface area contributed by atoms with E-state index in [1.807, 2.05) is 97.0 Å². The Morgan fingerprint density at radius 3 is 1.08 bits per heavy atom. The molecule has 0 bridgehead atoms. The van der Waals surface area contributed by atoms with Crippen LogP contribution >= 0.6 is 22.7 Å². The van der Waals surface area contributed by atoms with Gasteiger partial charge in [-0.2, -0.15) is 0 Å². The predicted molar refractivity (Wildman–Crippen MR) is 221 cm³/mol. The van der Waals surface area contributed by atoms with Crippen molar-refractivity contribution in [3.63, 3.8) is 0 Å². The molecular weight excluding hydrogens is 687 g/mol. The smallest absolute Gasteiger partial charge is 0.281 e. The zero-order valence-electron chi connectivity index (χ0n) is 32.7. The Labute approximate surface area is 316 Å². The summed E-state index contributed by atoms with van der Waals surface area (Å²) in [5.74, 6) is 0. The summed E-state index contributed by atoms with van der Waals surface area (Å²) in [6.07, 6.45) is 0. The molecule has 0 spiro atoms. The molecule has 3 aromatic carbocycles. The monoisotopic (exact) mass is 737 g/mol. The molecular formula is C43H51N3O4S2. The van der Waals surface area contributed by atoms with Gasteiger partial charge in [0, 0.05) is 47.4 Å². The van der Waals surface area contributed by atoms with E-state index in [2.05, 4.69) is 53.7 Å². The van der Waals surface area contributed by atoms with Gasteiger partial charge < -0.3 is 5.73 Å². The molecule has 274 valence electrons. The lowest BCUT2D eigenvalue weighted by molar-refractivity contribution is -0.385. The fraction of sp³-hybridized carbons (Fsp3) is 0.395. The molecule has 0 amide bonds. The number of hydrogen-bond donors (Lipinski definition) is 1. The first-order valence-electron chi connectivity index (χ1n) is 17.6. The van der Waals surface area contributed by atoms with Crippen molar-refractivity contribution in [2.45, 2.75) is 112 Å². The van der Waals surface area contributed by atoms with Crippen molar-refractivity contribution in [1.82, 2.24) is 0 Å². The number of anilines is 1. The minimum absolute atomic E-state index is 0.136. The van der Waals surface area contributed by atoms with Crippen molar-refractivity contribution in [3.8, 4) is 41.8 Å². The van der Waals surface area contributed by atoms with Crippen molar-refractivity contribution >= 4 is 39.7 Å². The molecule has 52 heavy (non-hydrogen) atoms. The molecule has 9 heteroatoms. The predicted octanol–water partition coefficient (Wildman–Crippen LogP) is 13.4. The van der Waals surface area contributed by atoms with E-state index in [0.29, 0.717) is 27.9 Å². The molecule has 0 atom stereocenters. The number of nitrogens with zero attached hydrogens (tertiary/aromatic N) is 2. The third kappa shape index (κ3) is 7.57. The summed E-state index contributed by atoms with van der Waals surface area (Å²) < 4.78 is 0. The summed E-state index contributed by atoms with van der Waals surface area (Å²) >= 11 is 2.99. The molecule has 0 radical (unpaired) electrons. The van der Waals surface area contributed by atoms with Crippen molar-refractivity contribution in [3.05, 3.63) is 109 Å². The number of nitrogen functional groups attached to an aromatic ring is 1. The Balaban J connectivity index is 1.66. The van der Waals surface area contributed by atoms with Gasteiger partial charge in [-0.25, -0.2) is 0 Å². The fourth-order valence-corrected chi connectivity index (χ4v) is 8.61. The molecule has 0 unspecified atom stereocenters. The third-order valence-electron chi connectivity index (χ3n) is 9.53. The molecule has 2 aromatic heterocycles. The maximum Gasteiger partial charge on any atom is 0.281 e. The number of nitro groups is 2. The van der Waals surface area contributed by atoms with Gasteiger partial charge in [0.05, 0.1) is 21.0 Å². The number of thiophene rings is 2. The summed E-state index contributed by atoms with van der Waals surface area (Å²) in [7, 11) is 0. The molecule has 5 rings (SSSR count). The van der Waals surface area contributed by atoms with Gasteiger partial charge in [0.25, 0.3) is 11.4 Å². The van der Waals surface area contributed by atoms with E-state index in [-0.39, 0.29) is 32.1 Å². The highest BCUT2D eigenvalue weighted by atomic mass is 32.1. The molecule has 5 aromatic rings. The van der Waals surface area contributed by atoms with E-state index in [0.717, 1.165) is 47.3 Å². The number of rotatable bonds is 6. The average molecular weight is 738 g/mol. The summed E-state index contributed by atoms with van der Waals surface area (Å²) in [6.45, 7) is 26.8. The number of benzene rings is 3. The highest BCUT2D eigenvalue weighted by Gasteiger charge is 2.34. The van der Waals surface area contributed by atoms with E-state index in [9.17, 15) is 20.2 Å². The van der Waals surface area contributed by atoms with Crippen LogP contribution in [0.5, 0.6) is 0 Å². The van der Waals surface area contributed by atoms with Crippen LogP contribution in [0.15, 0.2) is 60.7 Å². The molecule has 0 saturated carbocycles. The van der Waals surface area contributed by atoms with Crippen LogP contribution in [0.1, 0.15) is 111 Å². The molecule has 2 heterocycles. The number of aryl methyl sites for hydroxylation is 1. The largest absolute Gasteiger partial charge is 0.398 e. The Hall–Kier alpha value is -4.34. The second kappa shape index (κ2) is 13.3. The number of nitrogens with two attached hydrogens (primary N) is 1. The fourth-order valence-electron chi connectivity index (χ4n) is 6.51. The van der Waals surface area contributed by atoms with E-state index >= 15 is 0 Å². The Morgan fingerprint density at radius 2 is 0.808 bits per heavy atom. The standard InChI is InChI=1S/C43H51N3O4S2/c1-24-18-27(33-14-16-35(51-33)29-20-25(40(2,3)4)22-31(42(8,9)10)38(29)45(47)48)37(44)28(19-24)34-15-17-36(52-34)30-21-26(41(5,6)7)23-32(43(11,12)13)39(30)46(49)50/h14-23H,44H2,1-13H3. The molecule has 0 fully saturated rings. The SMILES string of the molecule is Cc1cc(-c2ccc(-c3cc(C(C)(C)C)cc(C(C)(C)C)c3[N+](=O)[O-])s2)c(N)c(-c2ccc(-c3cc(C(C)(C)C)cc(C(C)(C)C)c3[N+](=O)[O-])s2)c1. The van der Waals surface area contributed by atoms with Crippen LogP contribution < -0.4 is 5.73 Å². The topological polar surface area (TPSA) is 112 Å².